The molecule has 3 aromatic rings. The Hall–Kier alpha value is -3.26. The molecule has 28 heavy (non-hydrogen) atoms. The van der Waals surface area contributed by atoms with E-state index in [1.165, 1.54) is 12.1 Å². The van der Waals surface area contributed by atoms with Gasteiger partial charge in [0.25, 0.3) is 5.69 Å². The summed E-state index contributed by atoms with van der Waals surface area (Å²) in [4.78, 5) is 17.0. The normalized spacial score (nSPS) is 18.9. The molecule has 4 rings (SSSR count). The van der Waals surface area contributed by atoms with E-state index in [9.17, 15) is 10.1 Å². The first-order valence-electron chi connectivity index (χ1n) is 8.91. The van der Waals surface area contributed by atoms with E-state index in [1.807, 2.05) is 37.3 Å². The lowest BCUT2D eigenvalue weighted by molar-refractivity contribution is -0.384. The summed E-state index contributed by atoms with van der Waals surface area (Å²) >= 11 is 5.51. The van der Waals surface area contributed by atoms with Crippen LogP contribution in [0.1, 0.15) is 30.5 Å². The fourth-order valence-electron chi connectivity index (χ4n) is 3.47. The van der Waals surface area contributed by atoms with Crippen molar-refractivity contribution in [3.8, 4) is 11.3 Å². The van der Waals surface area contributed by atoms with Crippen LogP contribution in [0.2, 0.25) is 0 Å². The van der Waals surface area contributed by atoms with E-state index in [0.29, 0.717) is 10.9 Å². The van der Waals surface area contributed by atoms with Crippen molar-refractivity contribution in [1.29, 1.82) is 0 Å². The predicted molar refractivity (Wildman–Crippen MR) is 109 cm³/mol. The molecule has 1 N–H and O–H groups in total. The molecule has 0 spiro atoms. The summed E-state index contributed by atoms with van der Waals surface area (Å²) in [5.74, 6) is 1.41. The van der Waals surface area contributed by atoms with Crippen molar-refractivity contribution in [1.82, 2.24) is 15.2 Å². The van der Waals surface area contributed by atoms with E-state index in [1.54, 1.807) is 18.3 Å². The molecule has 0 amide bonds. The van der Waals surface area contributed by atoms with Crippen molar-refractivity contribution in [2.45, 2.75) is 19.0 Å². The zero-order valence-electron chi connectivity index (χ0n) is 15.1. The maximum absolute atomic E-state index is 10.8. The smallest absolute Gasteiger partial charge is 0.269 e. The third-order valence-corrected chi connectivity index (χ3v) is 5.17. The van der Waals surface area contributed by atoms with Crippen LogP contribution in [0.5, 0.6) is 0 Å². The van der Waals surface area contributed by atoms with Gasteiger partial charge in [-0.05, 0) is 55.5 Å². The molecule has 142 valence electrons. The first kappa shape index (κ1) is 18.1. The van der Waals surface area contributed by atoms with Gasteiger partial charge in [-0.1, -0.05) is 6.07 Å². The van der Waals surface area contributed by atoms with E-state index in [0.717, 1.165) is 23.6 Å². The molecule has 0 radical (unpaired) electrons. The van der Waals surface area contributed by atoms with Gasteiger partial charge in [0, 0.05) is 30.4 Å². The quantitative estimate of drug-likeness (QED) is 0.393. The maximum Gasteiger partial charge on any atom is 0.269 e. The summed E-state index contributed by atoms with van der Waals surface area (Å²) in [5, 5.41) is 14.9. The second-order valence-electron chi connectivity index (χ2n) is 6.42. The number of thiocarbonyl (C=S) groups is 1. The number of likely N-dealkylation sites (N-methyl/N-ethyl adjacent to an activating group) is 1. The molecule has 0 bridgehead atoms. The minimum absolute atomic E-state index is 0.0493. The van der Waals surface area contributed by atoms with E-state index >= 15 is 0 Å². The number of nitro benzene ring substituents is 1. The number of nitrogens with one attached hydrogen (secondary N) is 1. The summed E-state index contributed by atoms with van der Waals surface area (Å²) in [6, 6.07) is 15.7. The average molecular weight is 394 g/mol. The van der Waals surface area contributed by atoms with Crippen molar-refractivity contribution < 1.29 is 9.34 Å². The van der Waals surface area contributed by atoms with Gasteiger partial charge in [0.05, 0.1) is 16.7 Å². The highest BCUT2D eigenvalue weighted by Gasteiger charge is 2.40. The van der Waals surface area contributed by atoms with Gasteiger partial charge in [-0.15, -0.1) is 0 Å². The van der Waals surface area contributed by atoms with Crippen molar-refractivity contribution >= 4 is 23.0 Å². The van der Waals surface area contributed by atoms with E-state index in [-0.39, 0.29) is 17.8 Å². The van der Waals surface area contributed by atoms with E-state index in [2.05, 4.69) is 15.2 Å². The molecule has 0 unspecified atom stereocenters. The second kappa shape index (κ2) is 7.40. The van der Waals surface area contributed by atoms with Crippen LogP contribution in [-0.2, 0) is 0 Å². The van der Waals surface area contributed by atoms with Gasteiger partial charge in [0.2, 0.25) is 0 Å². The monoisotopic (exact) mass is 394 g/mol. The number of nitro groups is 1. The number of rotatable bonds is 5. The molecule has 2 atom stereocenters. The van der Waals surface area contributed by atoms with Crippen LogP contribution < -0.4 is 5.32 Å². The summed E-state index contributed by atoms with van der Waals surface area (Å²) in [6.45, 7) is 2.77. The van der Waals surface area contributed by atoms with Crippen LogP contribution in [-0.4, -0.2) is 26.5 Å². The number of nitrogens with zero attached hydrogens (tertiary/aromatic N) is 3. The highest BCUT2D eigenvalue weighted by atomic mass is 32.1. The Bertz CT molecular complexity index is 1000. The molecule has 0 saturated carbocycles. The molecule has 8 heteroatoms. The molecule has 1 aliphatic rings. The van der Waals surface area contributed by atoms with Crippen molar-refractivity contribution in [3.05, 3.63) is 82.4 Å². The Labute approximate surface area is 167 Å². The fraction of sp³-hybridized carbons (Fsp3) is 0.200. The summed E-state index contributed by atoms with van der Waals surface area (Å²) in [6.07, 6.45) is 1.76. The molecule has 0 aliphatic carbocycles. The molecule has 2 aromatic heterocycles. The highest BCUT2D eigenvalue weighted by molar-refractivity contribution is 7.80. The first-order valence-corrected chi connectivity index (χ1v) is 9.32. The van der Waals surface area contributed by atoms with Crippen molar-refractivity contribution in [3.63, 3.8) is 0 Å². The van der Waals surface area contributed by atoms with Gasteiger partial charge in [0.1, 0.15) is 17.6 Å². The molecule has 7 nitrogen and oxygen atoms in total. The highest BCUT2D eigenvalue weighted by Crippen LogP contribution is 2.40. The minimum atomic E-state index is -0.418. The third-order valence-electron chi connectivity index (χ3n) is 4.82. The molecule has 3 heterocycles. The number of benzene rings is 1. The molecule has 1 aliphatic heterocycles. The summed E-state index contributed by atoms with van der Waals surface area (Å²) in [7, 11) is 0. The van der Waals surface area contributed by atoms with Gasteiger partial charge in [-0.3, -0.25) is 15.1 Å². The second-order valence-corrected chi connectivity index (χ2v) is 6.81. The van der Waals surface area contributed by atoms with E-state index in [4.69, 9.17) is 16.6 Å². The zero-order valence-corrected chi connectivity index (χ0v) is 15.9. The van der Waals surface area contributed by atoms with Crippen LogP contribution in [0, 0.1) is 10.1 Å². The Morgan fingerprint density at radius 2 is 2.00 bits per heavy atom. The maximum atomic E-state index is 10.8. The number of non-ortho nitro benzene ring substituents is 1. The number of furan rings is 1. The van der Waals surface area contributed by atoms with Crippen LogP contribution >= 0.6 is 12.2 Å². The van der Waals surface area contributed by atoms with Gasteiger partial charge < -0.3 is 14.6 Å². The molecular formula is C20H18N4O3S. The lowest BCUT2D eigenvalue weighted by Gasteiger charge is -2.24. The van der Waals surface area contributed by atoms with Gasteiger partial charge in [-0.2, -0.15) is 0 Å². The predicted octanol–water partition coefficient (Wildman–Crippen LogP) is 4.24. The fourth-order valence-corrected chi connectivity index (χ4v) is 3.84. The Kier molecular flexibility index (Phi) is 4.79. The Morgan fingerprint density at radius 3 is 2.64 bits per heavy atom. The summed E-state index contributed by atoms with van der Waals surface area (Å²) < 4.78 is 6.15. The lowest BCUT2D eigenvalue weighted by Crippen LogP contribution is -2.29. The standard InChI is InChI=1S/C20H18N4O3S/c1-2-23-19(18(22-20(23)28)15-5-3-4-12-21-15)17-11-10-16(27-17)13-6-8-14(9-7-13)24(25)26/h3-12,18-19H,2H2,1H3,(H,22,28)/t18-,19+/m0/s1. The largest absolute Gasteiger partial charge is 0.459 e. The average Bonchev–Trinajstić information content (AvgIpc) is 3.33. The van der Waals surface area contributed by atoms with Crippen molar-refractivity contribution in [2.24, 2.45) is 0 Å². The lowest BCUT2D eigenvalue weighted by atomic mass is 10.0. The topological polar surface area (TPSA) is 84.4 Å². The van der Waals surface area contributed by atoms with Gasteiger partial charge in [-0.25, -0.2) is 0 Å². The summed E-state index contributed by atoms with van der Waals surface area (Å²) in [5.41, 5.74) is 1.72. The van der Waals surface area contributed by atoms with Gasteiger partial charge >= 0.3 is 0 Å². The first-order chi connectivity index (χ1) is 13.6. The molecular weight excluding hydrogens is 376 g/mol. The molecule has 1 fully saturated rings. The van der Waals surface area contributed by atoms with Crippen LogP contribution in [0.4, 0.5) is 5.69 Å². The van der Waals surface area contributed by atoms with Crippen molar-refractivity contribution in [2.75, 3.05) is 6.54 Å². The SMILES string of the molecule is CCN1C(=S)N[C@@H](c2ccccn2)[C@H]1c1ccc(-c2ccc([N+](=O)[O-])cc2)o1. The Morgan fingerprint density at radius 1 is 1.21 bits per heavy atom. The molecule has 1 saturated heterocycles. The van der Waals surface area contributed by atoms with Crippen LogP contribution in [0.25, 0.3) is 11.3 Å². The number of hydrogen-bond donors (Lipinski definition) is 1. The number of hydrogen-bond acceptors (Lipinski definition) is 5. The van der Waals surface area contributed by atoms with Gasteiger partial charge in [0.15, 0.2) is 5.11 Å². The Balaban J connectivity index is 1.68. The minimum Gasteiger partial charge on any atom is -0.459 e. The number of aromatic nitrogens is 1. The zero-order chi connectivity index (χ0) is 19.7. The molecule has 1 aromatic carbocycles. The third kappa shape index (κ3) is 3.22. The van der Waals surface area contributed by atoms with E-state index < -0.39 is 4.92 Å². The van der Waals surface area contributed by atoms with Crippen LogP contribution in [0.3, 0.4) is 0 Å². The number of pyridine rings is 1. The van der Waals surface area contributed by atoms with Crippen LogP contribution in [0.15, 0.2) is 65.2 Å².